The molecule has 0 atom stereocenters. The van der Waals surface area contributed by atoms with E-state index < -0.39 is 59.7 Å². The van der Waals surface area contributed by atoms with E-state index in [0.717, 1.165) is 41.7 Å². The highest BCUT2D eigenvalue weighted by Gasteiger charge is 2.40. The fourth-order valence-corrected chi connectivity index (χ4v) is 5.02. The second-order valence-corrected chi connectivity index (χ2v) is 14.2. The number of carbonyl (C=O) groups is 2. The molecule has 13 nitrogen and oxygen atoms in total. The summed E-state index contributed by atoms with van der Waals surface area (Å²) in [4.78, 5) is 29.3. The maximum atomic E-state index is 13.1. The van der Waals surface area contributed by atoms with E-state index in [1.165, 1.54) is 12.1 Å². The average molecular weight is 730 g/mol. The monoisotopic (exact) mass is 729 g/mol. The number of hydrogen-bond acceptors (Lipinski definition) is 11. The lowest BCUT2D eigenvalue weighted by Gasteiger charge is -2.12. The molecule has 0 aromatic carbocycles. The fraction of sp³-hybridized carbons (Fsp3) is 0.280. The van der Waals surface area contributed by atoms with Gasteiger partial charge in [-0.05, 0) is 38.1 Å². The minimum Gasteiger partial charge on any atom is -0.367 e. The number of nitrogens with one attached hydrogen (secondary N) is 1. The molecule has 4 rings (SSSR count). The van der Waals surface area contributed by atoms with Gasteiger partial charge in [0.1, 0.15) is 11.0 Å². The van der Waals surface area contributed by atoms with Crippen molar-refractivity contribution in [3.8, 4) is 11.6 Å². The Morgan fingerprint density at radius 2 is 1.15 bits per heavy atom. The number of alkyl halides is 6. The molecule has 0 aliphatic heterocycles. The van der Waals surface area contributed by atoms with Gasteiger partial charge in [0.15, 0.2) is 55.3 Å². The van der Waals surface area contributed by atoms with E-state index >= 15 is 0 Å². The average Bonchev–Trinajstić information content (AvgIpc) is 3.49. The third-order valence-corrected chi connectivity index (χ3v) is 8.27. The van der Waals surface area contributed by atoms with E-state index in [1.54, 1.807) is 13.8 Å². The highest BCUT2D eigenvalue weighted by Crippen LogP contribution is 2.36. The Bertz CT molecular complexity index is 2010. The highest BCUT2D eigenvalue weighted by molar-refractivity contribution is 7.91. The van der Waals surface area contributed by atoms with Gasteiger partial charge in [0.2, 0.25) is 0 Å². The van der Waals surface area contributed by atoms with Crippen molar-refractivity contribution in [2.45, 2.75) is 42.0 Å². The molecule has 1 N–H and O–H groups in total. The van der Waals surface area contributed by atoms with Gasteiger partial charge in [-0.3, -0.25) is 9.59 Å². The molecular weight excluding hydrogens is 708 g/mol. The molecule has 0 saturated heterocycles. The van der Waals surface area contributed by atoms with Crippen LogP contribution in [0.1, 0.15) is 46.0 Å². The Morgan fingerprint density at radius 3 is 1.47 bits per heavy atom. The first-order chi connectivity index (χ1) is 21.5. The first kappa shape index (κ1) is 37.1. The fourth-order valence-electron chi connectivity index (χ4n) is 3.64. The predicted octanol–water partition coefficient (Wildman–Crippen LogP) is 4.48. The molecule has 0 spiro atoms. The van der Waals surface area contributed by atoms with Crippen LogP contribution in [0.25, 0.3) is 11.6 Å². The van der Waals surface area contributed by atoms with E-state index in [4.69, 9.17) is 11.6 Å². The van der Waals surface area contributed by atoms with Crippen molar-refractivity contribution in [1.82, 2.24) is 29.5 Å². The summed E-state index contributed by atoms with van der Waals surface area (Å²) in [5.74, 6) is -0.387. The third-order valence-electron chi connectivity index (χ3n) is 5.72. The van der Waals surface area contributed by atoms with Crippen molar-refractivity contribution in [3.05, 3.63) is 64.3 Å². The normalized spacial score (nSPS) is 12.4. The van der Waals surface area contributed by atoms with Gasteiger partial charge in [-0.2, -0.15) is 41.2 Å². The van der Waals surface area contributed by atoms with Gasteiger partial charge in [0.25, 0.3) is 0 Å². The number of nitrogens with zero attached hydrogens (tertiary/aromatic N) is 6. The Hall–Kier alpha value is -4.37. The van der Waals surface area contributed by atoms with Crippen molar-refractivity contribution in [3.63, 3.8) is 0 Å². The largest absolute Gasteiger partial charge is 0.435 e. The molecule has 4 aromatic heterocycles. The van der Waals surface area contributed by atoms with Crippen LogP contribution in [0.5, 0.6) is 0 Å². The number of carbonyl (C=O) groups excluding carboxylic acids is 2. The minimum absolute atomic E-state index is 0.0560. The zero-order chi connectivity index (χ0) is 35.7. The van der Waals surface area contributed by atoms with E-state index in [-0.39, 0.29) is 45.9 Å². The maximum Gasteiger partial charge on any atom is 0.435 e. The molecule has 47 heavy (non-hydrogen) atoms. The number of halogens is 7. The summed E-state index contributed by atoms with van der Waals surface area (Å²) in [6.07, 6.45) is -5.77. The van der Waals surface area contributed by atoms with Crippen LogP contribution in [0.4, 0.5) is 32.2 Å². The quantitative estimate of drug-likeness (QED) is 0.200. The van der Waals surface area contributed by atoms with Gasteiger partial charge in [-0.15, -0.1) is 0 Å². The van der Waals surface area contributed by atoms with Crippen LogP contribution in [0.3, 0.4) is 0 Å². The highest BCUT2D eigenvalue weighted by atomic mass is 35.5. The first-order valence-electron chi connectivity index (χ1n) is 12.6. The number of aldehydes is 2. The first-order valence-corrected chi connectivity index (χ1v) is 16.7. The molecule has 22 heteroatoms. The smallest absolute Gasteiger partial charge is 0.367 e. The Labute approximate surface area is 267 Å². The van der Waals surface area contributed by atoms with Crippen LogP contribution in [0.15, 0.2) is 46.5 Å². The van der Waals surface area contributed by atoms with Gasteiger partial charge >= 0.3 is 12.4 Å². The molecule has 4 aromatic rings. The van der Waals surface area contributed by atoms with E-state index in [2.05, 4.69) is 25.5 Å². The lowest BCUT2D eigenvalue weighted by Crippen LogP contribution is -2.15. The van der Waals surface area contributed by atoms with Crippen LogP contribution in [-0.4, -0.2) is 77.5 Å². The van der Waals surface area contributed by atoms with Gasteiger partial charge in [0.05, 0.1) is 20.9 Å². The molecule has 0 aliphatic rings. The summed E-state index contributed by atoms with van der Waals surface area (Å²) in [6.45, 7) is 3.36. The number of anilines is 1. The van der Waals surface area contributed by atoms with Crippen molar-refractivity contribution in [2.75, 3.05) is 17.8 Å². The summed E-state index contributed by atoms with van der Waals surface area (Å²) in [5.41, 5.74) is -4.25. The second-order valence-electron chi connectivity index (χ2n) is 9.77. The van der Waals surface area contributed by atoms with Crippen LogP contribution in [0.2, 0.25) is 5.15 Å². The van der Waals surface area contributed by atoms with Crippen LogP contribution >= 0.6 is 11.6 Å². The molecule has 0 unspecified atom stereocenters. The molecule has 4 heterocycles. The Balaban J connectivity index is 0.000000257. The number of hydrogen-bond donors (Lipinski definition) is 1. The summed E-state index contributed by atoms with van der Waals surface area (Å²) in [7, 11) is -7.01. The summed E-state index contributed by atoms with van der Waals surface area (Å²) in [5, 5.41) is 8.86. The molecule has 254 valence electrons. The zero-order valence-corrected chi connectivity index (χ0v) is 26.7. The second kappa shape index (κ2) is 13.4. The van der Waals surface area contributed by atoms with Crippen molar-refractivity contribution in [2.24, 2.45) is 0 Å². The summed E-state index contributed by atoms with van der Waals surface area (Å²) < 4.78 is 125. The lowest BCUT2D eigenvalue weighted by atomic mass is 10.2. The van der Waals surface area contributed by atoms with E-state index in [9.17, 15) is 52.8 Å². The summed E-state index contributed by atoms with van der Waals surface area (Å²) >= 11 is 5.71. The van der Waals surface area contributed by atoms with Crippen molar-refractivity contribution >= 4 is 49.7 Å². The van der Waals surface area contributed by atoms with Crippen molar-refractivity contribution < 1.29 is 52.8 Å². The van der Waals surface area contributed by atoms with Gasteiger partial charge in [-0.25, -0.2) is 31.5 Å². The Morgan fingerprint density at radius 1 is 0.745 bits per heavy atom. The molecule has 0 aliphatic carbocycles. The molecule has 0 fully saturated rings. The van der Waals surface area contributed by atoms with Gasteiger partial charge in [0, 0.05) is 30.9 Å². The maximum absolute atomic E-state index is 13.1. The summed E-state index contributed by atoms with van der Waals surface area (Å²) in [6, 6.07) is 4.40. The van der Waals surface area contributed by atoms with Crippen LogP contribution in [0, 0.1) is 0 Å². The molecule has 0 amide bonds. The molecule has 0 bridgehead atoms. The molecule has 0 saturated carbocycles. The standard InChI is InChI=1S/C14H15F3N4O3S.C11H7ClF3N3O3S/c1-8(2)19-13-10(7-22)12(14(15,16)17)20-21(13)11-5-4-9(6-18-11)25(3,23)24;1-22(20,21)6-2-3-8(16-4-6)18-10(12)7(5-19)9(17-18)11(13,14)15/h4-8,19H,1-3H3;2-5H,1H3. The van der Waals surface area contributed by atoms with E-state index in [1.807, 2.05) is 0 Å². The van der Waals surface area contributed by atoms with Crippen LogP contribution < -0.4 is 5.32 Å². The number of rotatable bonds is 8. The third kappa shape index (κ3) is 8.51. The molecular formula is C25H22ClF6N7O6S2. The minimum atomic E-state index is -4.86. The van der Waals surface area contributed by atoms with Gasteiger partial charge in [-0.1, -0.05) is 11.6 Å². The van der Waals surface area contributed by atoms with E-state index in [0.29, 0.717) is 4.68 Å². The number of aromatic nitrogens is 6. The number of pyridine rings is 2. The topological polar surface area (TPSA) is 176 Å². The van der Waals surface area contributed by atoms with Crippen molar-refractivity contribution in [1.29, 1.82) is 0 Å². The van der Waals surface area contributed by atoms with Crippen LogP contribution in [-0.2, 0) is 32.0 Å². The lowest BCUT2D eigenvalue weighted by molar-refractivity contribution is -0.142. The zero-order valence-electron chi connectivity index (χ0n) is 24.3. The predicted molar refractivity (Wildman–Crippen MR) is 153 cm³/mol. The number of sulfone groups is 2. The van der Waals surface area contributed by atoms with Gasteiger partial charge < -0.3 is 5.32 Å². The Kier molecular flexibility index (Phi) is 10.6. The SMILES string of the molecule is CC(C)Nc1c(C=O)c(C(F)(F)F)nn1-c1ccc(S(C)(=O)=O)cn1.CS(=O)(=O)c1ccc(-n2nc(C(F)(F)F)c(C=O)c2Cl)nc1. The molecule has 0 radical (unpaired) electrons.